The van der Waals surface area contributed by atoms with Crippen molar-refractivity contribution in [3.8, 4) is 0 Å². The molecular formula is C20H24N4O. The maximum Gasteiger partial charge on any atom is 0.274 e. The summed E-state index contributed by atoms with van der Waals surface area (Å²) < 4.78 is 0. The molecule has 25 heavy (non-hydrogen) atoms. The van der Waals surface area contributed by atoms with Gasteiger partial charge in [-0.05, 0) is 43.2 Å². The first-order valence-corrected chi connectivity index (χ1v) is 9.18. The minimum Gasteiger partial charge on any atom is -0.337 e. The van der Waals surface area contributed by atoms with Crippen LogP contribution in [0.2, 0.25) is 0 Å². The zero-order chi connectivity index (χ0) is 17.1. The second kappa shape index (κ2) is 7.31. The molecule has 0 spiro atoms. The van der Waals surface area contributed by atoms with E-state index in [9.17, 15) is 4.79 Å². The summed E-state index contributed by atoms with van der Waals surface area (Å²) in [6.45, 7) is 1.58. The molecule has 2 aromatic rings. The standard InChI is InChI=1S/C20H24N4O/c25-20(19-14-21-9-10-22-19)24-11-7-17(8-12-24)23-18-6-5-15-3-1-2-4-16(15)13-18/h1-4,9-10,14,17-18,23H,5-8,11-13H2/t18-/m1/s1. The molecule has 1 aliphatic heterocycles. The van der Waals surface area contributed by atoms with E-state index in [2.05, 4.69) is 39.6 Å². The molecule has 2 aliphatic rings. The Kier molecular flexibility index (Phi) is 4.74. The number of carbonyl (C=O) groups excluding carboxylic acids is 1. The second-order valence-electron chi connectivity index (χ2n) is 7.03. The Bertz CT molecular complexity index is 725. The van der Waals surface area contributed by atoms with Crippen LogP contribution in [0.15, 0.2) is 42.9 Å². The summed E-state index contributed by atoms with van der Waals surface area (Å²) in [7, 11) is 0. The van der Waals surface area contributed by atoms with Crippen LogP contribution >= 0.6 is 0 Å². The zero-order valence-corrected chi connectivity index (χ0v) is 14.4. The topological polar surface area (TPSA) is 58.1 Å². The Morgan fingerprint density at radius 3 is 2.60 bits per heavy atom. The number of nitrogens with zero attached hydrogens (tertiary/aromatic N) is 3. The third-order valence-electron chi connectivity index (χ3n) is 5.38. The molecule has 5 nitrogen and oxygen atoms in total. The second-order valence-corrected chi connectivity index (χ2v) is 7.03. The molecule has 0 radical (unpaired) electrons. The highest BCUT2D eigenvalue weighted by Crippen LogP contribution is 2.22. The van der Waals surface area contributed by atoms with Gasteiger partial charge in [-0.15, -0.1) is 0 Å². The smallest absolute Gasteiger partial charge is 0.274 e. The average Bonchev–Trinajstić information content (AvgIpc) is 2.69. The van der Waals surface area contributed by atoms with E-state index in [4.69, 9.17) is 0 Å². The lowest BCUT2D eigenvalue weighted by atomic mass is 9.87. The maximum atomic E-state index is 12.4. The monoisotopic (exact) mass is 336 g/mol. The number of hydrogen-bond acceptors (Lipinski definition) is 4. The Hall–Kier alpha value is -2.27. The summed E-state index contributed by atoms with van der Waals surface area (Å²) in [5, 5.41) is 3.83. The summed E-state index contributed by atoms with van der Waals surface area (Å²) in [6.07, 6.45) is 10.2. The number of fused-ring (bicyclic) bond motifs is 1. The molecule has 130 valence electrons. The van der Waals surface area contributed by atoms with E-state index in [1.807, 2.05) is 4.90 Å². The molecule has 2 heterocycles. The number of aryl methyl sites for hydroxylation is 1. The first kappa shape index (κ1) is 16.2. The van der Waals surface area contributed by atoms with Crippen molar-refractivity contribution < 1.29 is 4.79 Å². The average molecular weight is 336 g/mol. The van der Waals surface area contributed by atoms with Gasteiger partial charge in [0.25, 0.3) is 5.91 Å². The molecule has 0 unspecified atom stereocenters. The molecule has 1 amide bonds. The molecule has 1 aromatic heterocycles. The molecule has 1 N–H and O–H groups in total. The van der Waals surface area contributed by atoms with E-state index in [0.717, 1.165) is 38.8 Å². The van der Waals surface area contributed by atoms with Gasteiger partial charge in [-0.25, -0.2) is 4.98 Å². The predicted octanol–water partition coefficient (Wildman–Crippen LogP) is 2.23. The molecule has 1 atom stereocenters. The Balaban J connectivity index is 1.29. The number of rotatable bonds is 3. The predicted molar refractivity (Wildman–Crippen MR) is 96.3 cm³/mol. The van der Waals surface area contributed by atoms with Gasteiger partial charge in [0.1, 0.15) is 5.69 Å². The molecule has 1 aliphatic carbocycles. The van der Waals surface area contributed by atoms with Gasteiger partial charge in [-0.2, -0.15) is 0 Å². The van der Waals surface area contributed by atoms with Gasteiger partial charge in [0.15, 0.2) is 0 Å². The summed E-state index contributed by atoms with van der Waals surface area (Å²) >= 11 is 0. The molecule has 1 saturated heterocycles. The van der Waals surface area contributed by atoms with Crippen LogP contribution < -0.4 is 5.32 Å². The highest BCUT2D eigenvalue weighted by molar-refractivity contribution is 5.92. The van der Waals surface area contributed by atoms with Gasteiger partial charge in [0.2, 0.25) is 0 Å². The zero-order valence-electron chi connectivity index (χ0n) is 14.4. The normalized spacial score (nSPS) is 21.0. The lowest BCUT2D eigenvalue weighted by molar-refractivity contribution is 0.0694. The highest BCUT2D eigenvalue weighted by atomic mass is 16.2. The molecule has 4 rings (SSSR count). The van der Waals surface area contributed by atoms with Crippen LogP contribution in [0, 0.1) is 0 Å². The van der Waals surface area contributed by atoms with Crippen LogP contribution in [-0.2, 0) is 12.8 Å². The van der Waals surface area contributed by atoms with Crippen molar-refractivity contribution in [1.82, 2.24) is 20.2 Å². The van der Waals surface area contributed by atoms with Gasteiger partial charge in [-0.3, -0.25) is 9.78 Å². The van der Waals surface area contributed by atoms with Gasteiger partial charge in [0.05, 0.1) is 6.20 Å². The number of benzene rings is 1. The van der Waals surface area contributed by atoms with Crippen LogP contribution in [0.3, 0.4) is 0 Å². The molecular weight excluding hydrogens is 312 g/mol. The summed E-state index contributed by atoms with van der Waals surface area (Å²) in [5.74, 6) is -0.00172. The first-order chi connectivity index (χ1) is 12.3. The SMILES string of the molecule is O=C(c1cnccn1)N1CCC(N[C@@H]2CCc3ccccc3C2)CC1. The van der Waals surface area contributed by atoms with Crippen LogP contribution in [0.4, 0.5) is 0 Å². The molecule has 1 aromatic carbocycles. The largest absolute Gasteiger partial charge is 0.337 e. The fraction of sp³-hybridized carbons (Fsp3) is 0.450. The quantitative estimate of drug-likeness (QED) is 0.934. The maximum absolute atomic E-state index is 12.4. The van der Waals surface area contributed by atoms with Gasteiger partial charge >= 0.3 is 0 Å². The summed E-state index contributed by atoms with van der Waals surface area (Å²) in [4.78, 5) is 22.4. The summed E-state index contributed by atoms with van der Waals surface area (Å²) in [6, 6.07) is 9.84. The van der Waals surface area contributed by atoms with Crippen molar-refractivity contribution in [1.29, 1.82) is 0 Å². The third-order valence-corrected chi connectivity index (χ3v) is 5.38. The number of carbonyl (C=O) groups is 1. The van der Waals surface area contributed by atoms with Crippen LogP contribution in [0.5, 0.6) is 0 Å². The molecule has 0 saturated carbocycles. The van der Waals surface area contributed by atoms with E-state index in [1.54, 1.807) is 18.6 Å². The number of likely N-dealkylation sites (tertiary alicyclic amines) is 1. The van der Waals surface area contributed by atoms with Crippen LogP contribution in [-0.4, -0.2) is 45.9 Å². The minimum atomic E-state index is -0.00172. The molecule has 5 heteroatoms. The molecule has 1 fully saturated rings. The van der Waals surface area contributed by atoms with E-state index in [1.165, 1.54) is 17.5 Å². The van der Waals surface area contributed by atoms with Gasteiger partial charge in [0, 0.05) is 37.6 Å². The van der Waals surface area contributed by atoms with Crippen molar-refractivity contribution in [2.24, 2.45) is 0 Å². The first-order valence-electron chi connectivity index (χ1n) is 9.18. The Morgan fingerprint density at radius 2 is 1.84 bits per heavy atom. The number of piperidine rings is 1. The van der Waals surface area contributed by atoms with Crippen molar-refractivity contribution in [3.05, 3.63) is 59.7 Å². The lowest BCUT2D eigenvalue weighted by Gasteiger charge is -2.35. The van der Waals surface area contributed by atoms with Crippen molar-refractivity contribution >= 4 is 5.91 Å². The molecule has 0 bridgehead atoms. The van der Waals surface area contributed by atoms with Crippen LogP contribution in [0.25, 0.3) is 0 Å². The van der Waals surface area contributed by atoms with Crippen molar-refractivity contribution in [2.75, 3.05) is 13.1 Å². The number of aromatic nitrogens is 2. The fourth-order valence-corrected chi connectivity index (χ4v) is 3.99. The number of amides is 1. The lowest BCUT2D eigenvalue weighted by Crippen LogP contribution is -2.49. The third kappa shape index (κ3) is 3.71. The van der Waals surface area contributed by atoms with E-state index in [0.29, 0.717) is 17.8 Å². The minimum absolute atomic E-state index is 0.00172. The van der Waals surface area contributed by atoms with Gasteiger partial charge < -0.3 is 10.2 Å². The number of hydrogen-bond donors (Lipinski definition) is 1. The highest BCUT2D eigenvalue weighted by Gasteiger charge is 2.27. The Labute approximate surface area is 148 Å². The fourth-order valence-electron chi connectivity index (χ4n) is 3.99. The Morgan fingerprint density at radius 1 is 1.04 bits per heavy atom. The van der Waals surface area contributed by atoms with Crippen LogP contribution in [0.1, 0.15) is 40.9 Å². The summed E-state index contributed by atoms with van der Waals surface area (Å²) in [5.41, 5.74) is 3.43. The van der Waals surface area contributed by atoms with E-state index >= 15 is 0 Å². The number of nitrogens with one attached hydrogen (secondary N) is 1. The van der Waals surface area contributed by atoms with Gasteiger partial charge in [-0.1, -0.05) is 24.3 Å². The van der Waals surface area contributed by atoms with Crippen molar-refractivity contribution in [2.45, 2.75) is 44.2 Å². The van der Waals surface area contributed by atoms with E-state index < -0.39 is 0 Å². The van der Waals surface area contributed by atoms with Crippen molar-refractivity contribution in [3.63, 3.8) is 0 Å². The van der Waals surface area contributed by atoms with E-state index in [-0.39, 0.29) is 5.91 Å².